The lowest BCUT2D eigenvalue weighted by molar-refractivity contribution is 0.205. The van der Waals surface area contributed by atoms with E-state index in [0.717, 1.165) is 38.0 Å². The summed E-state index contributed by atoms with van der Waals surface area (Å²) in [4.78, 5) is 2.37. The van der Waals surface area contributed by atoms with Crippen LogP contribution in [0.1, 0.15) is 18.4 Å². The molecule has 0 radical (unpaired) electrons. The lowest BCUT2D eigenvalue weighted by Gasteiger charge is -2.30. The Morgan fingerprint density at radius 2 is 2.06 bits per heavy atom. The van der Waals surface area contributed by atoms with Crippen LogP contribution in [0, 0.1) is 0 Å². The maximum atomic E-state index is 9.32. The maximum absolute atomic E-state index is 9.32. The molecule has 1 fully saturated rings. The number of phenolic OH excluding ortho intramolecular Hbond substituents is 1. The van der Waals surface area contributed by atoms with E-state index >= 15 is 0 Å². The number of likely N-dealkylation sites (tertiary alicyclic amines) is 1. The molecule has 0 unspecified atom stereocenters. The predicted octanol–water partition coefficient (Wildman–Crippen LogP) is 1.97. The highest BCUT2D eigenvalue weighted by Gasteiger charge is 2.16. The lowest BCUT2D eigenvalue weighted by Crippen LogP contribution is -2.39. The number of aromatic hydroxyl groups is 1. The fourth-order valence-corrected chi connectivity index (χ4v) is 2.22. The number of phenols is 1. The second-order valence-electron chi connectivity index (χ2n) is 4.40. The summed E-state index contributed by atoms with van der Waals surface area (Å²) >= 11 is 5.87. The van der Waals surface area contributed by atoms with Crippen LogP contribution in [0.2, 0.25) is 5.02 Å². The summed E-state index contributed by atoms with van der Waals surface area (Å²) in [6.07, 6.45) is 2.12. The standard InChI is InChI=1S/C12H17ClN2O/c13-11-7-9(1-2-12(11)16)8-15-5-3-10(14)4-6-15/h1-2,7,10,16H,3-6,8,14H2. The molecule has 0 bridgehead atoms. The van der Waals surface area contributed by atoms with Crippen molar-refractivity contribution in [2.45, 2.75) is 25.4 Å². The van der Waals surface area contributed by atoms with E-state index in [4.69, 9.17) is 17.3 Å². The molecule has 0 atom stereocenters. The molecule has 1 aliphatic heterocycles. The van der Waals surface area contributed by atoms with Crippen LogP contribution in [0.5, 0.6) is 5.75 Å². The molecule has 88 valence electrons. The first kappa shape index (κ1) is 11.7. The van der Waals surface area contributed by atoms with Crippen molar-refractivity contribution in [1.29, 1.82) is 0 Å². The first-order valence-electron chi connectivity index (χ1n) is 5.60. The number of halogens is 1. The molecule has 3 nitrogen and oxygen atoms in total. The number of hydrogen-bond donors (Lipinski definition) is 2. The lowest BCUT2D eigenvalue weighted by atomic mass is 10.1. The Bertz CT molecular complexity index is 362. The van der Waals surface area contributed by atoms with Gasteiger partial charge in [0.15, 0.2) is 0 Å². The van der Waals surface area contributed by atoms with E-state index in [1.54, 1.807) is 6.07 Å². The van der Waals surface area contributed by atoms with Gasteiger partial charge in [0.25, 0.3) is 0 Å². The van der Waals surface area contributed by atoms with Crippen molar-refractivity contribution >= 4 is 11.6 Å². The van der Waals surface area contributed by atoms with Crippen LogP contribution in [-0.2, 0) is 6.54 Å². The summed E-state index contributed by atoms with van der Waals surface area (Å²) in [5.41, 5.74) is 6.99. The van der Waals surface area contributed by atoms with E-state index in [9.17, 15) is 5.11 Å². The number of benzene rings is 1. The van der Waals surface area contributed by atoms with E-state index < -0.39 is 0 Å². The molecule has 1 aromatic carbocycles. The SMILES string of the molecule is NC1CCN(Cc2ccc(O)c(Cl)c2)CC1. The second-order valence-corrected chi connectivity index (χ2v) is 4.81. The van der Waals surface area contributed by atoms with Crippen LogP contribution < -0.4 is 5.73 Å². The Kier molecular flexibility index (Phi) is 3.69. The zero-order valence-electron chi connectivity index (χ0n) is 9.19. The molecule has 16 heavy (non-hydrogen) atoms. The molecule has 0 spiro atoms. The molecule has 1 heterocycles. The van der Waals surface area contributed by atoms with Gasteiger partial charge in [-0.25, -0.2) is 0 Å². The van der Waals surface area contributed by atoms with Crippen LogP contribution in [0.4, 0.5) is 0 Å². The summed E-state index contributed by atoms with van der Waals surface area (Å²) < 4.78 is 0. The van der Waals surface area contributed by atoms with Crippen LogP contribution in [0.3, 0.4) is 0 Å². The third-order valence-electron chi connectivity index (χ3n) is 3.05. The van der Waals surface area contributed by atoms with Crippen LogP contribution in [0.15, 0.2) is 18.2 Å². The molecule has 0 amide bonds. The van der Waals surface area contributed by atoms with Gasteiger partial charge in [-0.1, -0.05) is 17.7 Å². The van der Waals surface area contributed by atoms with Crippen molar-refractivity contribution < 1.29 is 5.11 Å². The third-order valence-corrected chi connectivity index (χ3v) is 3.35. The predicted molar refractivity (Wildman–Crippen MR) is 65.6 cm³/mol. The van der Waals surface area contributed by atoms with Crippen molar-refractivity contribution in [1.82, 2.24) is 4.90 Å². The molecule has 0 aliphatic carbocycles. The average Bonchev–Trinajstić information content (AvgIpc) is 2.27. The highest BCUT2D eigenvalue weighted by molar-refractivity contribution is 6.32. The molecule has 1 aliphatic rings. The molecule has 1 saturated heterocycles. The molecule has 2 rings (SSSR count). The quantitative estimate of drug-likeness (QED) is 0.831. The molecule has 4 heteroatoms. The fourth-order valence-electron chi connectivity index (χ4n) is 2.02. The van der Waals surface area contributed by atoms with Gasteiger partial charge >= 0.3 is 0 Å². The molecular weight excluding hydrogens is 224 g/mol. The monoisotopic (exact) mass is 240 g/mol. The van der Waals surface area contributed by atoms with Crippen molar-refractivity contribution in [3.8, 4) is 5.75 Å². The van der Waals surface area contributed by atoms with Crippen LogP contribution >= 0.6 is 11.6 Å². The Labute approximate surface area is 101 Å². The summed E-state index contributed by atoms with van der Waals surface area (Å²) in [6, 6.07) is 5.74. The zero-order valence-corrected chi connectivity index (χ0v) is 9.95. The minimum absolute atomic E-state index is 0.145. The molecular formula is C12H17ClN2O. The van der Waals surface area contributed by atoms with Gasteiger partial charge in [0.1, 0.15) is 5.75 Å². The zero-order chi connectivity index (χ0) is 11.5. The Morgan fingerprint density at radius 1 is 1.38 bits per heavy atom. The van der Waals surface area contributed by atoms with Gasteiger partial charge in [-0.3, -0.25) is 4.90 Å². The van der Waals surface area contributed by atoms with Crippen molar-refractivity contribution in [3.63, 3.8) is 0 Å². The largest absolute Gasteiger partial charge is 0.506 e. The first-order valence-corrected chi connectivity index (χ1v) is 5.98. The highest BCUT2D eigenvalue weighted by atomic mass is 35.5. The molecule has 3 N–H and O–H groups in total. The Balaban J connectivity index is 1.96. The number of hydrogen-bond acceptors (Lipinski definition) is 3. The number of rotatable bonds is 2. The molecule has 1 aromatic rings. The topological polar surface area (TPSA) is 49.5 Å². The van der Waals surface area contributed by atoms with Gasteiger partial charge in [-0.05, 0) is 43.6 Å². The minimum atomic E-state index is 0.145. The second kappa shape index (κ2) is 5.04. The molecule has 0 aromatic heterocycles. The smallest absolute Gasteiger partial charge is 0.134 e. The van der Waals surface area contributed by atoms with E-state index in [-0.39, 0.29) is 5.75 Å². The minimum Gasteiger partial charge on any atom is -0.506 e. The Morgan fingerprint density at radius 3 is 2.69 bits per heavy atom. The number of nitrogens with two attached hydrogens (primary N) is 1. The van der Waals surface area contributed by atoms with Crippen molar-refractivity contribution in [3.05, 3.63) is 28.8 Å². The number of nitrogens with zero attached hydrogens (tertiary/aromatic N) is 1. The van der Waals surface area contributed by atoms with Gasteiger partial charge < -0.3 is 10.8 Å². The Hall–Kier alpha value is -0.770. The van der Waals surface area contributed by atoms with Crippen LogP contribution in [0.25, 0.3) is 0 Å². The van der Waals surface area contributed by atoms with Gasteiger partial charge in [0, 0.05) is 12.6 Å². The van der Waals surface area contributed by atoms with E-state index in [2.05, 4.69) is 4.90 Å². The van der Waals surface area contributed by atoms with E-state index in [1.165, 1.54) is 0 Å². The summed E-state index contributed by atoms with van der Waals surface area (Å²) in [7, 11) is 0. The highest BCUT2D eigenvalue weighted by Crippen LogP contribution is 2.24. The molecule has 0 saturated carbocycles. The fraction of sp³-hybridized carbons (Fsp3) is 0.500. The van der Waals surface area contributed by atoms with Crippen molar-refractivity contribution in [2.75, 3.05) is 13.1 Å². The normalized spacial score (nSPS) is 18.9. The number of piperidine rings is 1. The van der Waals surface area contributed by atoms with Gasteiger partial charge in [0.2, 0.25) is 0 Å². The van der Waals surface area contributed by atoms with Crippen molar-refractivity contribution in [2.24, 2.45) is 5.73 Å². The van der Waals surface area contributed by atoms with Gasteiger partial charge in [-0.2, -0.15) is 0 Å². The van der Waals surface area contributed by atoms with Gasteiger partial charge in [0.05, 0.1) is 5.02 Å². The van der Waals surface area contributed by atoms with E-state index in [0.29, 0.717) is 11.1 Å². The van der Waals surface area contributed by atoms with Gasteiger partial charge in [-0.15, -0.1) is 0 Å². The summed E-state index contributed by atoms with van der Waals surface area (Å²) in [5.74, 6) is 0.145. The summed E-state index contributed by atoms with van der Waals surface area (Å²) in [6.45, 7) is 2.96. The van der Waals surface area contributed by atoms with Crippen LogP contribution in [-0.4, -0.2) is 29.1 Å². The summed E-state index contributed by atoms with van der Waals surface area (Å²) in [5, 5.41) is 9.74. The average molecular weight is 241 g/mol. The third kappa shape index (κ3) is 2.88. The van der Waals surface area contributed by atoms with E-state index in [1.807, 2.05) is 12.1 Å². The first-order chi connectivity index (χ1) is 7.65. The maximum Gasteiger partial charge on any atom is 0.134 e.